The number of aryl methyl sites for hydroxylation is 1. The predicted molar refractivity (Wildman–Crippen MR) is 120 cm³/mol. The number of pyridine rings is 1. The topological polar surface area (TPSA) is 63.2 Å². The van der Waals surface area contributed by atoms with Crippen LogP contribution in [0.15, 0.2) is 66.9 Å². The molecule has 3 aromatic rings. The molecule has 1 amide bonds. The van der Waals surface area contributed by atoms with Crippen LogP contribution in [0.25, 0.3) is 0 Å². The van der Waals surface area contributed by atoms with Gasteiger partial charge in [0.1, 0.15) is 11.7 Å². The number of aromatic nitrogens is 1. The van der Waals surface area contributed by atoms with E-state index in [0.717, 1.165) is 11.6 Å². The Morgan fingerprint density at radius 2 is 1.79 bits per heavy atom. The maximum atomic E-state index is 14.0. The van der Waals surface area contributed by atoms with Crippen LogP contribution in [-0.2, 0) is 17.4 Å². The fourth-order valence-electron chi connectivity index (χ4n) is 3.60. The first kappa shape index (κ1) is 25.2. The molecule has 0 aliphatic rings. The van der Waals surface area contributed by atoms with Crippen LogP contribution in [0.3, 0.4) is 0 Å². The molecule has 0 fully saturated rings. The number of methoxy groups -OCH3 is 1. The summed E-state index contributed by atoms with van der Waals surface area (Å²) in [6.45, 7) is 0. The van der Waals surface area contributed by atoms with Crippen LogP contribution in [0, 0.1) is 5.82 Å². The van der Waals surface area contributed by atoms with E-state index < -0.39 is 29.8 Å². The molecular weight excluding hydrogens is 450 g/mol. The molecule has 0 saturated heterocycles. The Bertz CT molecular complexity index is 1090. The number of ether oxygens (including phenoxy) is 1. The molecule has 2 N–H and O–H groups in total. The fraction of sp³-hybridized carbons (Fsp3) is 0.280. The van der Waals surface area contributed by atoms with Gasteiger partial charge in [-0.05, 0) is 47.7 Å². The molecule has 0 bridgehead atoms. The molecule has 0 aliphatic carbocycles. The van der Waals surface area contributed by atoms with E-state index in [1.165, 1.54) is 32.5 Å². The molecule has 1 heterocycles. The minimum Gasteiger partial charge on any atom is -0.494 e. The third-order valence-electron chi connectivity index (χ3n) is 5.42. The van der Waals surface area contributed by atoms with Crippen molar-refractivity contribution >= 4 is 5.91 Å². The highest BCUT2D eigenvalue weighted by Gasteiger charge is 2.32. The smallest absolute Gasteiger partial charge is 0.433 e. The maximum Gasteiger partial charge on any atom is 0.433 e. The Labute approximate surface area is 195 Å². The van der Waals surface area contributed by atoms with Crippen molar-refractivity contribution in [2.75, 3.05) is 14.2 Å². The normalized spacial score (nSPS) is 13.2. The number of amides is 1. The summed E-state index contributed by atoms with van der Waals surface area (Å²) >= 11 is 0. The first-order valence-electron chi connectivity index (χ1n) is 10.6. The van der Waals surface area contributed by atoms with Crippen molar-refractivity contribution in [3.05, 3.63) is 95.1 Å². The maximum absolute atomic E-state index is 14.0. The highest BCUT2D eigenvalue weighted by Crippen LogP contribution is 2.30. The lowest BCUT2D eigenvalue weighted by Gasteiger charge is -2.26. The predicted octanol–water partition coefficient (Wildman–Crippen LogP) is 5.00. The quantitative estimate of drug-likeness (QED) is 0.428. The average Bonchev–Trinajstić information content (AvgIpc) is 2.84. The minimum atomic E-state index is -4.51. The zero-order chi connectivity index (χ0) is 24.7. The lowest BCUT2D eigenvalue weighted by atomic mass is 9.96. The van der Waals surface area contributed by atoms with E-state index in [-0.39, 0.29) is 11.7 Å². The zero-order valence-electron chi connectivity index (χ0n) is 18.7. The first-order valence-corrected chi connectivity index (χ1v) is 10.6. The molecule has 2 atom stereocenters. The summed E-state index contributed by atoms with van der Waals surface area (Å²) in [5.74, 6) is -0.735. The highest BCUT2D eigenvalue weighted by molar-refractivity contribution is 5.83. The van der Waals surface area contributed by atoms with Gasteiger partial charge in [0.25, 0.3) is 0 Å². The number of likely N-dealkylation sites (N-methyl/N-ethyl adjacent to an activating group) is 1. The highest BCUT2D eigenvalue weighted by atomic mass is 19.4. The number of alkyl halides is 3. The monoisotopic (exact) mass is 475 g/mol. The van der Waals surface area contributed by atoms with Crippen molar-refractivity contribution in [2.45, 2.75) is 31.1 Å². The van der Waals surface area contributed by atoms with Gasteiger partial charge in [0.15, 0.2) is 11.6 Å². The van der Waals surface area contributed by atoms with Crippen molar-refractivity contribution in [3.63, 3.8) is 0 Å². The van der Waals surface area contributed by atoms with Crippen LogP contribution in [0.2, 0.25) is 0 Å². The molecule has 3 rings (SSSR count). The number of carbonyl (C=O) groups is 1. The van der Waals surface area contributed by atoms with Gasteiger partial charge in [-0.2, -0.15) is 13.2 Å². The van der Waals surface area contributed by atoms with Crippen LogP contribution in [-0.4, -0.2) is 25.0 Å². The summed E-state index contributed by atoms with van der Waals surface area (Å²) in [6, 6.07) is 14.7. The summed E-state index contributed by atoms with van der Waals surface area (Å²) in [7, 11) is 2.89. The second-order valence-corrected chi connectivity index (χ2v) is 7.66. The number of benzene rings is 2. The largest absolute Gasteiger partial charge is 0.494 e. The molecule has 180 valence electrons. The molecule has 2 unspecified atom stereocenters. The average molecular weight is 475 g/mol. The van der Waals surface area contributed by atoms with Crippen LogP contribution >= 0.6 is 0 Å². The van der Waals surface area contributed by atoms with Crippen LogP contribution in [0.5, 0.6) is 5.75 Å². The van der Waals surface area contributed by atoms with Gasteiger partial charge in [-0.25, -0.2) is 4.39 Å². The summed E-state index contributed by atoms with van der Waals surface area (Å²) in [5, 5.41) is 5.97. The Hall–Kier alpha value is -3.46. The van der Waals surface area contributed by atoms with Crippen LogP contribution in [0.1, 0.15) is 40.9 Å². The van der Waals surface area contributed by atoms with E-state index >= 15 is 0 Å². The minimum absolute atomic E-state index is 0.0525. The number of halogens is 4. The van der Waals surface area contributed by atoms with Crippen molar-refractivity contribution in [1.29, 1.82) is 0 Å². The lowest BCUT2D eigenvalue weighted by molar-refractivity contribution is -0.141. The van der Waals surface area contributed by atoms with Crippen LogP contribution < -0.4 is 15.4 Å². The lowest BCUT2D eigenvalue weighted by Crippen LogP contribution is -2.38. The van der Waals surface area contributed by atoms with Crippen LogP contribution in [0.4, 0.5) is 17.6 Å². The van der Waals surface area contributed by atoms with Gasteiger partial charge in [0.2, 0.25) is 5.91 Å². The van der Waals surface area contributed by atoms with E-state index in [1.54, 1.807) is 12.1 Å². The summed E-state index contributed by atoms with van der Waals surface area (Å²) < 4.78 is 57.6. The first-order chi connectivity index (χ1) is 16.2. The van der Waals surface area contributed by atoms with E-state index in [2.05, 4.69) is 15.6 Å². The van der Waals surface area contributed by atoms with E-state index in [9.17, 15) is 22.4 Å². The Kier molecular flexibility index (Phi) is 8.22. The molecular formula is C25H25F4N3O2. The van der Waals surface area contributed by atoms with Gasteiger partial charge in [0.05, 0.1) is 7.11 Å². The van der Waals surface area contributed by atoms with Gasteiger partial charge < -0.3 is 10.1 Å². The number of hydrogen-bond acceptors (Lipinski definition) is 4. The summed E-state index contributed by atoms with van der Waals surface area (Å²) in [6.07, 6.45) is -2.54. The standard InChI is InChI=1S/C25H25F4N3O2/c1-30-24(33)23(17-6-4-3-5-7-17)32-20(18-10-11-19(26)21(14-18)34-2)12-8-16-9-13-22(31-15-16)25(27,28)29/h3-7,9-11,13-15,20,23,32H,8,12H2,1-2H3,(H,30,33). The molecule has 0 saturated carbocycles. The molecule has 0 spiro atoms. The molecule has 1 aromatic heterocycles. The molecule has 34 heavy (non-hydrogen) atoms. The third kappa shape index (κ3) is 6.32. The third-order valence-corrected chi connectivity index (χ3v) is 5.42. The summed E-state index contributed by atoms with van der Waals surface area (Å²) in [4.78, 5) is 16.2. The number of nitrogens with zero attached hydrogens (tertiary/aromatic N) is 1. The zero-order valence-corrected chi connectivity index (χ0v) is 18.7. The molecule has 5 nitrogen and oxygen atoms in total. The Balaban J connectivity index is 1.89. The van der Waals surface area contributed by atoms with Gasteiger partial charge in [-0.1, -0.05) is 42.5 Å². The summed E-state index contributed by atoms with van der Waals surface area (Å²) in [5.41, 5.74) is 1.04. The number of carbonyl (C=O) groups excluding carboxylic acids is 1. The molecule has 9 heteroatoms. The molecule has 2 aromatic carbocycles. The second-order valence-electron chi connectivity index (χ2n) is 7.66. The molecule has 0 aliphatic heterocycles. The van der Waals surface area contributed by atoms with Crippen molar-refractivity contribution in [1.82, 2.24) is 15.6 Å². The van der Waals surface area contributed by atoms with Gasteiger partial charge in [0, 0.05) is 19.3 Å². The van der Waals surface area contributed by atoms with Crippen molar-refractivity contribution in [3.8, 4) is 5.75 Å². The van der Waals surface area contributed by atoms with Crippen molar-refractivity contribution in [2.24, 2.45) is 0 Å². The van der Waals surface area contributed by atoms with E-state index in [4.69, 9.17) is 4.74 Å². The number of nitrogens with one attached hydrogen (secondary N) is 2. The van der Waals surface area contributed by atoms with Gasteiger partial charge in [-0.15, -0.1) is 0 Å². The SMILES string of the molecule is CNC(=O)C(NC(CCc1ccc(C(F)(F)F)nc1)c1ccc(F)c(OC)c1)c1ccccc1. The Morgan fingerprint density at radius 1 is 1.06 bits per heavy atom. The van der Waals surface area contributed by atoms with Gasteiger partial charge in [-0.3, -0.25) is 15.1 Å². The van der Waals surface area contributed by atoms with E-state index in [0.29, 0.717) is 24.0 Å². The van der Waals surface area contributed by atoms with Crippen molar-refractivity contribution < 1.29 is 27.1 Å². The fourth-order valence-corrected chi connectivity index (χ4v) is 3.60. The number of rotatable bonds is 9. The number of hydrogen-bond donors (Lipinski definition) is 2. The van der Waals surface area contributed by atoms with E-state index in [1.807, 2.05) is 30.3 Å². The molecule has 0 radical (unpaired) electrons. The second kappa shape index (κ2) is 11.1. The van der Waals surface area contributed by atoms with Gasteiger partial charge >= 0.3 is 6.18 Å². The Morgan fingerprint density at radius 3 is 2.38 bits per heavy atom.